The predicted molar refractivity (Wildman–Crippen MR) is 111 cm³/mol. The van der Waals surface area contributed by atoms with Crippen LogP contribution in [0.1, 0.15) is 13.8 Å². The Balaban J connectivity index is 1.65. The molecule has 142 valence electrons. The molecule has 0 radical (unpaired) electrons. The monoisotopic (exact) mass is 393 g/mol. The van der Waals surface area contributed by atoms with Gasteiger partial charge in [0.2, 0.25) is 0 Å². The summed E-state index contributed by atoms with van der Waals surface area (Å²) >= 11 is 1.49. The summed E-state index contributed by atoms with van der Waals surface area (Å²) < 4.78 is 11.2. The van der Waals surface area contributed by atoms with Crippen LogP contribution in [0.4, 0.5) is 10.8 Å². The molecule has 0 atom stereocenters. The van der Waals surface area contributed by atoms with Crippen molar-refractivity contribution in [2.24, 2.45) is 0 Å². The van der Waals surface area contributed by atoms with Crippen molar-refractivity contribution in [3.63, 3.8) is 0 Å². The Morgan fingerprint density at radius 3 is 2.71 bits per heavy atom. The van der Waals surface area contributed by atoms with Gasteiger partial charge in [-0.05, 0) is 44.2 Å². The second kappa shape index (κ2) is 8.18. The van der Waals surface area contributed by atoms with E-state index in [0.717, 1.165) is 32.4 Å². The van der Waals surface area contributed by atoms with E-state index in [4.69, 9.17) is 14.5 Å². The number of fused-ring (bicyclic) bond motifs is 1. The molecule has 1 N–H and O–H groups in total. The molecule has 4 rings (SSSR count). The maximum atomic E-state index is 5.67. The number of rotatable bonds is 7. The Kier molecular flexibility index (Phi) is 5.29. The van der Waals surface area contributed by atoms with E-state index in [1.807, 2.05) is 44.2 Å². The van der Waals surface area contributed by atoms with Crippen LogP contribution in [-0.4, -0.2) is 33.1 Å². The van der Waals surface area contributed by atoms with Crippen molar-refractivity contribution in [2.75, 3.05) is 18.5 Å². The van der Waals surface area contributed by atoms with Gasteiger partial charge in [-0.1, -0.05) is 11.3 Å². The Bertz CT molecular complexity index is 1080. The first-order valence-electron chi connectivity index (χ1n) is 8.97. The zero-order valence-corrected chi connectivity index (χ0v) is 16.4. The average Bonchev–Trinajstić information content (AvgIpc) is 3.12. The highest BCUT2D eigenvalue weighted by molar-refractivity contribution is 7.21. The first-order chi connectivity index (χ1) is 13.8. The summed E-state index contributed by atoms with van der Waals surface area (Å²) in [6.45, 7) is 4.92. The zero-order valence-electron chi connectivity index (χ0n) is 15.5. The highest BCUT2D eigenvalue weighted by Gasteiger charge is 2.12. The predicted octanol–water partition coefficient (Wildman–Crippen LogP) is 4.69. The van der Waals surface area contributed by atoms with Gasteiger partial charge in [0.15, 0.2) is 10.9 Å². The van der Waals surface area contributed by atoms with Gasteiger partial charge >= 0.3 is 0 Å². The summed E-state index contributed by atoms with van der Waals surface area (Å²) in [6, 6.07) is 9.62. The molecule has 0 aromatic carbocycles. The Labute approximate surface area is 166 Å². The zero-order chi connectivity index (χ0) is 19.3. The Morgan fingerprint density at radius 1 is 1.04 bits per heavy atom. The highest BCUT2D eigenvalue weighted by Crippen LogP contribution is 2.32. The molecule has 4 aromatic rings. The Morgan fingerprint density at radius 2 is 1.93 bits per heavy atom. The van der Waals surface area contributed by atoms with Crippen molar-refractivity contribution >= 4 is 32.5 Å². The molecule has 0 aliphatic carbocycles. The minimum atomic E-state index is 0.495. The third-order valence-corrected chi connectivity index (χ3v) is 4.74. The van der Waals surface area contributed by atoms with Crippen LogP contribution < -0.4 is 14.8 Å². The lowest BCUT2D eigenvalue weighted by Gasteiger charge is -2.11. The fourth-order valence-electron chi connectivity index (χ4n) is 2.67. The van der Waals surface area contributed by atoms with Gasteiger partial charge in [0.25, 0.3) is 5.88 Å². The minimum Gasteiger partial charge on any atom is -0.488 e. The quantitative estimate of drug-likeness (QED) is 0.488. The maximum absolute atomic E-state index is 5.67. The van der Waals surface area contributed by atoms with Crippen molar-refractivity contribution in [3.05, 3.63) is 48.9 Å². The van der Waals surface area contributed by atoms with E-state index in [1.165, 1.54) is 11.3 Å². The van der Waals surface area contributed by atoms with Crippen molar-refractivity contribution in [1.29, 1.82) is 0 Å². The fourth-order valence-corrected chi connectivity index (χ4v) is 3.53. The van der Waals surface area contributed by atoms with Gasteiger partial charge in [0, 0.05) is 18.0 Å². The second-order valence-electron chi connectivity index (χ2n) is 5.80. The summed E-state index contributed by atoms with van der Waals surface area (Å²) in [5.74, 6) is 1.11. The molecule has 28 heavy (non-hydrogen) atoms. The van der Waals surface area contributed by atoms with Crippen LogP contribution in [0.15, 0.2) is 48.9 Å². The molecular formula is C20H19N5O2S. The standard InChI is InChI=1S/C20H19N5O2S/c1-3-26-17-10-13(11-22-18(17)27-4-2)15-7-8-16-19(24-15)28-20(25-16)23-14-6-5-9-21-12-14/h5-12H,3-4H2,1-2H3,(H,23,25). The third-order valence-electron chi connectivity index (χ3n) is 3.86. The molecule has 0 spiro atoms. The van der Waals surface area contributed by atoms with Crippen molar-refractivity contribution in [1.82, 2.24) is 19.9 Å². The lowest BCUT2D eigenvalue weighted by atomic mass is 10.2. The fraction of sp³-hybridized carbons (Fsp3) is 0.200. The SMILES string of the molecule is CCOc1cc(-c2ccc3nc(Nc4cccnc4)sc3n2)cnc1OCC. The molecule has 0 aliphatic heterocycles. The van der Waals surface area contributed by atoms with Gasteiger partial charge in [0.1, 0.15) is 10.3 Å². The largest absolute Gasteiger partial charge is 0.488 e. The lowest BCUT2D eigenvalue weighted by molar-refractivity contribution is 0.278. The number of anilines is 2. The van der Waals surface area contributed by atoms with Crippen molar-refractivity contribution in [2.45, 2.75) is 13.8 Å². The molecule has 0 aliphatic rings. The van der Waals surface area contributed by atoms with Gasteiger partial charge < -0.3 is 14.8 Å². The number of aromatic nitrogens is 4. The van der Waals surface area contributed by atoms with E-state index < -0.39 is 0 Å². The molecule has 7 nitrogen and oxygen atoms in total. The molecule has 4 aromatic heterocycles. The number of nitrogens with zero attached hydrogens (tertiary/aromatic N) is 4. The number of ether oxygens (including phenoxy) is 2. The molecule has 0 bridgehead atoms. The van der Waals surface area contributed by atoms with Crippen molar-refractivity contribution in [3.8, 4) is 22.9 Å². The number of hydrogen-bond acceptors (Lipinski definition) is 8. The van der Waals surface area contributed by atoms with Crippen LogP contribution in [0.3, 0.4) is 0 Å². The second-order valence-corrected chi connectivity index (χ2v) is 6.78. The first-order valence-corrected chi connectivity index (χ1v) is 9.79. The van der Waals surface area contributed by atoms with Gasteiger partial charge in [-0.15, -0.1) is 0 Å². The highest BCUT2D eigenvalue weighted by atomic mass is 32.1. The van der Waals surface area contributed by atoms with E-state index in [1.54, 1.807) is 18.6 Å². The van der Waals surface area contributed by atoms with E-state index in [0.29, 0.717) is 24.8 Å². The molecule has 0 unspecified atom stereocenters. The van der Waals surface area contributed by atoms with Gasteiger partial charge in [-0.25, -0.2) is 15.0 Å². The summed E-state index contributed by atoms with van der Waals surface area (Å²) in [4.78, 5) is 18.7. The van der Waals surface area contributed by atoms with Gasteiger partial charge in [-0.3, -0.25) is 4.98 Å². The van der Waals surface area contributed by atoms with E-state index in [9.17, 15) is 0 Å². The molecule has 0 fully saturated rings. The topological polar surface area (TPSA) is 82.0 Å². The molecule has 0 amide bonds. The lowest BCUT2D eigenvalue weighted by Crippen LogP contribution is -2.01. The van der Waals surface area contributed by atoms with E-state index >= 15 is 0 Å². The van der Waals surface area contributed by atoms with Crippen LogP contribution in [-0.2, 0) is 0 Å². The van der Waals surface area contributed by atoms with Crippen LogP contribution in [0.25, 0.3) is 21.6 Å². The van der Waals surface area contributed by atoms with Gasteiger partial charge in [-0.2, -0.15) is 0 Å². The van der Waals surface area contributed by atoms with E-state index in [2.05, 4.69) is 20.3 Å². The van der Waals surface area contributed by atoms with E-state index in [-0.39, 0.29) is 0 Å². The average molecular weight is 393 g/mol. The number of thiazole rings is 1. The van der Waals surface area contributed by atoms with Crippen LogP contribution in [0, 0.1) is 0 Å². The summed E-state index contributed by atoms with van der Waals surface area (Å²) in [6.07, 6.45) is 5.24. The number of nitrogens with one attached hydrogen (secondary N) is 1. The molecule has 4 heterocycles. The molecule has 8 heteroatoms. The normalized spacial score (nSPS) is 10.8. The number of pyridine rings is 3. The summed E-state index contributed by atoms with van der Waals surface area (Å²) in [5.41, 5.74) is 3.40. The molecule has 0 saturated heterocycles. The van der Waals surface area contributed by atoms with Crippen LogP contribution >= 0.6 is 11.3 Å². The Hall–Kier alpha value is -3.26. The molecule has 0 saturated carbocycles. The maximum Gasteiger partial charge on any atom is 0.257 e. The van der Waals surface area contributed by atoms with Crippen LogP contribution in [0.2, 0.25) is 0 Å². The smallest absolute Gasteiger partial charge is 0.257 e. The van der Waals surface area contributed by atoms with Crippen LogP contribution in [0.5, 0.6) is 11.6 Å². The summed E-state index contributed by atoms with van der Waals surface area (Å²) in [7, 11) is 0. The first kappa shape index (κ1) is 18.1. The van der Waals surface area contributed by atoms with Gasteiger partial charge in [0.05, 0.1) is 30.8 Å². The van der Waals surface area contributed by atoms with Crippen molar-refractivity contribution < 1.29 is 9.47 Å². The molecular weight excluding hydrogens is 374 g/mol. The third kappa shape index (κ3) is 3.86. The minimum absolute atomic E-state index is 0.495. The summed E-state index contributed by atoms with van der Waals surface area (Å²) in [5, 5.41) is 4.03. The number of hydrogen-bond donors (Lipinski definition) is 1.